The van der Waals surface area contributed by atoms with E-state index in [1.54, 1.807) is 23.6 Å². The van der Waals surface area contributed by atoms with Crippen LogP contribution in [0.1, 0.15) is 16.1 Å². The number of halogens is 2. The third-order valence-corrected chi connectivity index (χ3v) is 6.60. The summed E-state index contributed by atoms with van der Waals surface area (Å²) in [6, 6.07) is 7.90. The Kier molecular flexibility index (Phi) is 5.18. The van der Waals surface area contributed by atoms with E-state index in [2.05, 4.69) is 10.3 Å². The van der Waals surface area contributed by atoms with Crippen molar-refractivity contribution in [1.29, 1.82) is 0 Å². The maximum atomic E-state index is 13.4. The third kappa shape index (κ3) is 4.01. The van der Waals surface area contributed by atoms with Gasteiger partial charge in [-0.05, 0) is 35.9 Å². The molecule has 3 heterocycles. The molecule has 0 bridgehead atoms. The van der Waals surface area contributed by atoms with Crippen LogP contribution in [0.5, 0.6) is 0 Å². The first-order valence-electron chi connectivity index (χ1n) is 8.58. The molecular formula is C19H17F2N3OS2. The summed E-state index contributed by atoms with van der Waals surface area (Å²) in [4.78, 5) is 20.4. The maximum Gasteiger partial charge on any atom is 0.263 e. The van der Waals surface area contributed by atoms with Crippen molar-refractivity contribution < 1.29 is 13.6 Å². The first kappa shape index (κ1) is 18.1. The summed E-state index contributed by atoms with van der Waals surface area (Å²) in [5, 5.41) is 5.80. The van der Waals surface area contributed by atoms with Gasteiger partial charge >= 0.3 is 0 Å². The zero-order valence-electron chi connectivity index (χ0n) is 14.3. The van der Waals surface area contributed by atoms with Crippen molar-refractivity contribution in [3.8, 4) is 9.88 Å². The minimum absolute atomic E-state index is 0.124. The van der Waals surface area contributed by atoms with E-state index in [0.29, 0.717) is 23.7 Å². The monoisotopic (exact) mass is 405 g/mol. The van der Waals surface area contributed by atoms with Crippen LogP contribution in [-0.2, 0) is 0 Å². The average molecular weight is 405 g/mol. The van der Waals surface area contributed by atoms with Gasteiger partial charge in [-0.15, -0.1) is 22.7 Å². The molecule has 8 heteroatoms. The highest BCUT2D eigenvalue weighted by atomic mass is 32.1. The minimum Gasteiger partial charge on any atom is -0.371 e. The normalized spacial score (nSPS) is 16.7. The summed E-state index contributed by atoms with van der Waals surface area (Å²) in [7, 11) is 0. The summed E-state index contributed by atoms with van der Waals surface area (Å²) in [5.41, 5.74) is 0.672. The number of rotatable bonds is 5. The predicted molar refractivity (Wildman–Crippen MR) is 104 cm³/mol. The number of carbonyl (C=O) groups is 1. The van der Waals surface area contributed by atoms with Gasteiger partial charge < -0.3 is 10.2 Å². The summed E-state index contributed by atoms with van der Waals surface area (Å²) < 4.78 is 26.5. The molecule has 0 saturated carbocycles. The fraction of sp³-hybridized carbons (Fsp3) is 0.263. The number of thiazole rings is 1. The Morgan fingerprint density at radius 2 is 2.19 bits per heavy atom. The van der Waals surface area contributed by atoms with Gasteiger partial charge in [-0.2, -0.15) is 0 Å². The van der Waals surface area contributed by atoms with Crippen molar-refractivity contribution in [1.82, 2.24) is 10.3 Å². The molecule has 0 spiro atoms. The van der Waals surface area contributed by atoms with Gasteiger partial charge in [0.1, 0.15) is 9.88 Å². The minimum atomic E-state index is -0.840. The Labute approximate surface area is 163 Å². The first-order valence-corrected chi connectivity index (χ1v) is 10.3. The summed E-state index contributed by atoms with van der Waals surface area (Å²) in [5.74, 6) is -1.53. The average Bonchev–Trinajstić information content (AvgIpc) is 3.42. The number of carbonyl (C=O) groups excluding carboxylic acids is 1. The van der Waals surface area contributed by atoms with E-state index in [4.69, 9.17) is 0 Å². The third-order valence-electron chi connectivity index (χ3n) is 4.57. The van der Waals surface area contributed by atoms with Crippen LogP contribution in [0, 0.1) is 17.6 Å². The van der Waals surface area contributed by atoms with Crippen LogP contribution >= 0.6 is 22.7 Å². The van der Waals surface area contributed by atoms with Crippen molar-refractivity contribution in [2.24, 2.45) is 5.92 Å². The zero-order valence-corrected chi connectivity index (χ0v) is 16.0. The van der Waals surface area contributed by atoms with Crippen LogP contribution in [0.2, 0.25) is 0 Å². The molecule has 27 heavy (non-hydrogen) atoms. The lowest BCUT2D eigenvalue weighted by molar-refractivity contribution is 0.0952. The molecule has 2 aromatic heterocycles. The molecule has 1 fully saturated rings. The molecular weight excluding hydrogens is 388 g/mol. The zero-order chi connectivity index (χ0) is 18.8. The molecule has 4 rings (SSSR count). The number of nitrogens with zero attached hydrogens (tertiary/aromatic N) is 2. The molecule has 3 aromatic rings. The number of hydrogen-bond acceptors (Lipinski definition) is 5. The molecule has 140 valence electrons. The van der Waals surface area contributed by atoms with E-state index in [1.165, 1.54) is 17.4 Å². The van der Waals surface area contributed by atoms with Crippen LogP contribution in [0.3, 0.4) is 0 Å². The SMILES string of the molecule is O=C(NCC1CCN(c2ccc(F)c(F)c2)C1)c1cnc(-c2cccs2)s1. The number of thiophene rings is 1. The molecule has 1 unspecified atom stereocenters. The summed E-state index contributed by atoms with van der Waals surface area (Å²) in [6.45, 7) is 2.01. The predicted octanol–water partition coefficient (Wildman–Crippen LogP) is 4.41. The first-order chi connectivity index (χ1) is 13.1. The molecule has 1 aliphatic rings. The summed E-state index contributed by atoms with van der Waals surface area (Å²) in [6.07, 6.45) is 2.50. The highest BCUT2D eigenvalue weighted by Gasteiger charge is 2.24. The van der Waals surface area contributed by atoms with Crippen LogP contribution in [0.15, 0.2) is 41.9 Å². The van der Waals surface area contributed by atoms with E-state index >= 15 is 0 Å². The van der Waals surface area contributed by atoms with E-state index in [0.717, 1.165) is 28.9 Å². The maximum absolute atomic E-state index is 13.4. The van der Waals surface area contributed by atoms with E-state index in [1.807, 2.05) is 22.4 Å². The molecule has 1 saturated heterocycles. The quantitative estimate of drug-likeness (QED) is 0.684. The van der Waals surface area contributed by atoms with Crippen LogP contribution in [0.25, 0.3) is 9.88 Å². The second-order valence-electron chi connectivity index (χ2n) is 6.42. The smallest absolute Gasteiger partial charge is 0.263 e. The molecule has 1 aliphatic heterocycles. The number of amides is 1. The number of benzene rings is 1. The lowest BCUT2D eigenvalue weighted by Crippen LogP contribution is -2.30. The second kappa shape index (κ2) is 7.74. The van der Waals surface area contributed by atoms with Gasteiger partial charge in [0.15, 0.2) is 11.6 Å². The number of nitrogens with one attached hydrogen (secondary N) is 1. The lowest BCUT2D eigenvalue weighted by atomic mass is 10.1. The standard InChI is InChI=1S/C19H17F2N3OS2/c20-14-4-3-13(8-15(14)21)24-6-5-12(11-24)9-22-18(25)17-10-23-19(27-17)16-2-1-7-26-16/h1-4,7-8,10,12H,5-6,9,11H2,(H,22,25). The fourth-order valence-electron chi connectivity index (χ4n) is 3.13. The second-order valence-corrected chi connectivity index (χ2v) is 8.39. The van der Waals surface area contributed by atoms with E-state index < -0.39 is 11.6 Å². The molecule has 0 radical (unpaired) electrons. The van der Waals surface area contributed by atoms with Gasteiger partial charge in [0, 0.05) is 31.4 Å². The number of hydrogen-bond donors (Lipinski definition) is 1. The highest BCUT2D eigenvalue weighted by molar-refractivity contribution is 7.21. The number of aromatic nitrogens is 1. The molecule has 1 N–H and O–H groups in total. The lowest BCUT2D eigenvalue weighted by Gasteiger charge is -2.19. The number of anilines is 1. The van der Waals surface area contributed by atoms with Gasteiger partial charge in [0.2, 0.25) is 0 Å². The van der Waals surface area contributed by atoms with Crippen LogP contribution in [0.4, 0.5) is 14.5 Å². The van der Waals surface area contributed by atoms with E-state index in [9.17, 15) is 13.6 Å². The van der Waals surface area contributed by atoms with Crippen molar-refractivity contribution in [3.05, 3.63) is 58.4 Å². The van der Waals surface area contributed by atoms with Crippen molar-refractivity contribution >= 4 is 34.3 Å². The van der Waals surface area contributed by atoms with Gasteiger partial charge in [-0.1, -0.05) is 6.07 Å². The van der Waals surface area contributed by atoms with Crippen LogP contribution < -0.4 is 10.2 Å². The Bertz CT molecular complexity index is 942. The Hall–Kier alpha value is -2.32. The molecule has 0 aliphatic carbocycles. The Balaban J connectivity index is 1.31. The highest BCUT2D eigenvalue weighted by Crippen LogP contribution is 2.29. The van der Waals surface area contributed by atoms with Crippen molar-refractivity contribution in [2.75, 3.05) is 24.5 Å². The Morgan fingerprint density at radius 1 is 1.30 bits per heavy atom. The largest absolute Gasteiger partial charge is 0.371 e. The topological polar surface area (TPSA) is 45.2 Å². The summed E-state index contributed by atoms with van der Waals surface area (Å²) >= 11 is 2.98. The Morgan fingerprint density at radius 3 is 2.96 bits per heavy atom. The molecule has 1 atom stereocenters. The van der Waals surface area contributed by atoms with Gasteiger partial charge in [-0.3, -0.25) is 4.79 Å². The van der Waals surface area contributed by atoms with Gasteiger partial charge in [0.25, 0.3) is 5.91 Å². The van der Waals surface area contributed by atoms with Crippen molar-refractivity contribution in [3.63, 3.8) is 0 Å². The van der Waals surface area contributed by atoms with Gasteiger partial charge in [-0.25, -0.2) is 13.8 Å². The molecule has 1 amide bonds. The van der Waals surface area contributed by atoms with Crippen LogP contribution in [-0.4, -0.2) is 30.5 Å². The molecule has 4 nitrogen and oxygen atoms in total. The molecule has 1 aromatic carbocycles. The van der Waals surface area contributed by atoms with Gasteiger partial charge in [0.05, 0.1) is 11.1 Å². The van der Waals surface area contributed by atoms with E-state index in [-0.39, 0.29) is 11.8 Å². The van der Waals surface area contributed by atoms with Crippen molar-refractivity contribution in [2.45, 2.75) is 6.42 Å². The fourth-order valence-corrected chi connectivity index (χ4v) is 4.77.